The first-order valence-corrected chi connectivity index (χ1v) is 8.30. The molecule has 0 atom stereocenters. The first-order valence-electron chi connectivity index (χ1n) is 8.30. The average Bonchev–Trinajstić information content (AvgIpc) is 3.42. The molecule has 0 aromatic carbocycles. The highest BCUT2D eigenvalue weighted by Crippen LogP contribution is 2.22. The fourth-order valence-corrected chi connectivity index (χ4v) is 3.10. The summed E-state index contributed by atoms with van der Waals surface area (Å²) in [5, 5.41) is 12.5. The molecule has 6 aromatic heterocycles. The fraction of sp³-hybridized carbons (Fsp3) is 0. The molecule has 0 amide bonds. The van der Waals surface area contributed by atoms with Crippen LogP contribution in [-0.4, -0.2) is 44.1 Å². The van der Waals surface area contributed by atoms with Gasteiger partial charge in [0.15, 0.2) is 17.1 Å². The number of aromatic amines is 1. The number of H-pyrrole nitrogens is 1. The van der Waals surface area contributed by atoms with E-state index in [1.807, 2.05) is 47.1 Å². The van der Waals surface area contributed by atoms with Gasteiger partial charge in [0.25, 0.3) is 0 Å². The lowest BCUT2D eigenvalue weighted by Crippen LogP contribution is -1.89. The van der Waals surface area contributed by atoms with Crippen molar-refractivity contribution >= 4 is 22.3 Å². The van der Waals surface area contributed by atoms with Gasteiger partial charge in [0.05, 0.1) is 17.2 Å². The van der Waals surface area contributed by atoms with Crippen molar-refractivity contribution in [2.45, 2.75) is 0 Å². The predicted molar refractivity (Wildman–Crippen MR) is 97.9 cm³/mol. The third kappa shape index (κ3) is 2.18. The van der Waals surface area contributed by atoms with E-state index in [9.17, 15) is 0 Å². The van der Waals surface area contributed by atoms with Gasteiger partial charge < -0.3 is 4.98 Å². The Morgan fingerprint density at radius 2 is 1.96 bits per heavy atom. The quantitative estimate of drug-likeness (QED) is 0.513. The Morgan fingerprint density at radius 1 is 0.963 bits per heavy atom. The third-order valence-electron chi connectivity index (χ3n) is 4.44. The molecule has 0 radical (unpaired) electrons. The van der Waals surface area contributed by atoms with Crippen LogP contribution in [0.15, 0.2) is 61.4 Å². The summed E-state index contributed by atoms with van der Waals surface area (Å²) in [6, 6.07) is 9.62. The summed E-state index contributed by atoms with van der Waals surface area (Å²) in [5.41, 5.74) is 5.13. The van der Waals surface area contributed by atoms with Gasteiger partial charge in [-0.15, -0.1) is 15.3 Å². The SMILES string of the molecule is c1cc2nc(-c3ccn4nc(-c5ccc6nncn6c5)nc4c3)[nH]c2cn1. The molecule has 6 heterocycles. The zero-order valence-corrected chi connectivity index (χ0v) is 13.9. The summed E-state index contributed by atoms with van der Waals surface area (Å²) in [7, 11) is 0. The molecule has 0 aliphatic rings. The van der Waals surface area contributed by atoms with Crippen LogP contribution < -0.4 is 0 Å². The molecule has 6 rings (SSSR count). The van der Waals surface area contributed by atoms with Crippen LogP contribution in [-0.2, 0) is 0 Å². The van der Waals surface area contributed by atoms with Crippen LogP contribution in [0.4, 0.5) is 0 Å². The van der Waals surface area contributed by atoms with Crippen molar-refractivity contribution in [2.24, 2.45) is 0 Å². The van der Waals surface area contributed by atoms with E-state index >= 15 is 0 Å². The van der Waals surface area contributed by atoms with Gasteiger partial charge in [-0.3, -0.25) is 9.38 Å². The number of imidazole rings is 1. The van der Waals surface area contributed by atoms with E-state index < -0.39 is 0 Å². The summed E-state index contributed by atoms with van der Waals surface area (Å²) < 4.78 is 3.59. The van der Waals surface area contributed by atoms with Crippen LogP contribution in [0.2, 0.25) is 0 Å². The molecule has 0 bridgehead atoms. The molecule has 0 saturated heterocycles. The second kappa shape index (κ2) is 5.18. The maximum Gasteiger partial charge on any atom is 0.183 e. The van der Waals surface area contributed by atoms with Crippen LogP contribution in [0.1, 0.15) is 0 Å². The van der Waals surface area contributed by atoms with Crippen molar-refractivity contribution in [3.8, 4) is 22.8 Å². The van der Waals surface area contributed by atoms with Gasteiger partial charge in [-0.1, -0.05) is 0 Å². The van der Waals surface area contributed by atoms with E-state index in [1.54, 1.807) is 23.2 Å². The smallest absolute Gasteiger partial charge is 0.183 e. The van der Waals surface area contributed by atoms with Gasteiger partial charge in [-0.25, -0.2) is 14.5 Å². The number of nitrogens with zero attached hydrogens (tertiary/aromatic N) is 8. The lowest BCUT2D eigenvalue weighted by atomic mass is 10.2. The number of rotatable bonds is 2. The molecule has 6 aromatic rings. The Kier molecular flexibility index (Phi) is 2.70. The normalized spacial score (nSPS) is 11.7. The Balaban J connectivity index is 1.46. The number of hydrogen-bond donors (Lipinski definition) is 1. The Hall–Kier alpha value is -4.14. The molecule has 0 unspecified atom stereocenters. The molecular weight excluding hydrogens is 342 g/mol. The monoisotopic (exact) mass is 353 g/mol. The van der Waals surface area contributed by atoms with Crippen molar-refractivity contribution in [1.82, 2.24) is 44.1 Å². The fourth-order valence-electron chi connectivity index (χ4n) is 3.10. The van der Waals surface area contributed by atoms with Crippen molar-refractivity contribution in [3.05, 3.63) is 61.4 Å². The number of hydrogen-bond acceptors (Lipinski definition) is 6. The summed E-state index contributed by atoms with van der Waals surface area (Å²) in [6.07, 6.45) is 8.94. The molecule has 0 saturated carbocycles. The minimum atomic E-state index is 0.636. The standard InChI is InChI=1S/C18H11N9/c1-2-15-24-20-10-26(15)9-12(1)18-23-16-7-11(4-6-27(16)25-18)17-21-13-3-5-19-8-14(13)22-17/h1-10H,(H,21,22). The largest absolute Gasteiger partial charge is 0.337 e. The lowest BCUT2D eigenvalue weighted by molar-refractivity contribution is 0.964. The predicted octanol–water partition coefficient (Wildman–Crippen LogP) is 2.38. The van der Waals surface area contributed by atoms with E-state index in [0.29, 0.717) is 5.82 Å². The number of pyridine rings is 3. The van der Waals surface area contributed by atoms with Crippen molar-refractivity contribution < 1.29 is 0 Å². The minimum Gasteiger partial charge on any atom is -0.337 e. The molecule has 27 heavy (non-hydrogen) atoms. The highest BCUT2D eigenvalue weighted by atomic mass is 15.3. The molecule has 9 heteroatoms. The molecular formula is C18H11N9. The number of nitrogens with one attached hydrogen (secondary N) is 1. The Morgan fingerprint density at radius 3 is 2.93 bits per heavy atom. The molecule has 0 spiro atoms. The van der Waals surface area contributed by atoms with Crippen molar-refractivity contribution in [1.29, 1.82) is 0 Å². The van der Waals surface area contributed by atoms with Gasteiger partial charge in [-0.05, 0) is 30.3 Å². The van der Waals surface area contributed by atoms with Gasteiger partial charge in [-0.2, -0.15) is 0 Å². The minimum absolute atomic E-state index is 0.636. The highest BCUT2D eigenvalue weighted by Gasteiger charge is 2.11. The third-order valence-corrected chi connectivity index (χ3v) is 4.44. The molecule has 9 nitrogen and oxygen atoms in total. The first kappa shape index (κ1) is 14.1. The zero-order valence-electron chi connectivity index (χ0n) is 13.9. The number of aromatic nitrogens is 9. The van der Waals surface area contributed by atoms with Crippen molar-refractivity contribution in [2.75, 3.05) is 0 Å². The number of fused-ring (bicyclic) bond motifs is 3. The van der Waals surface area contributed by atoms with E-state index in [-0.39, 0.29) is 0 Å². The Labute approximate surface area is 151 Å². The van der Waals surface area contributed by atoms with E-state index in [1.165, 1.54) is 0 Å². The molecule has 1 N–H and O–H groups in total. The van der Waals surface area contributed by atoms with E-state index in [0.717, 1.165) is 39.3 Å². The second-order valence-corrected chi connectivity index (χ2v) is 6.15. The van der Waals surface area contributed by atoms with Crippen LogP contribution in [0.25, 0.3) is 45.1 Å². The van der Waals surface area contributed by atoms with Gasteiger partial charge in [0.1, 0.15) is 12.2 Å². The summed E-state index contributed by atoms with van der Waals surface area (Å²) in [4.78, 5) is 16.7. The Bertz CT molecular complexity index is 1410. The van der Waals surface area contributed by atoms with Gasteiger partial charge in [0.2, 0.25) is 0 Å². The molecule has 0 aliphatic heterocycles. The summed E-state index contributed by atoms with van der Waals surface area (Å²) >= 11 is 0. The molecule has 0 fully saturated rings. The van der Waals surface area contributed by atoms with Crippen LogP contribution >= 0.6 is 0 Å². The van der Waals surface area contributed by atoms with E-state index in [4.69, 9.17) is 0 Å². The van der Waals surface area contributed by atoms with Gasteiger partial charge >= 0.3 is 0 Å². The topological polar surface area (TPSA) is 102 Å². The maximum absolute atomic E-state index is 4.66. The summed E-state index contributed by atoms with van der Waals surface area (Å²) in [5.74, 6) is 1.41. The van der Waals surface area contributed by atoms with E-state index in [2.05, 4.69) is 35.2 Å². The second-order valence-electron chi connectivity index (χ2n) is 6.15. The van der Waals surface area contributed by atoms with Crippen LogP contribution in [0, 0.1) is 0 Å². The lowest BCUT2D eigenvalue weighted by Gasteiger charge is -1.96. The maximum atomic E-state index is 4.66. The highest BCUT2D eigenvalue weighted by molar-refractivity contribution is 5.78. The van der Waals surface area contributed by atoms with Crippen LogP contribution in [0.3, 0.4) is 0 Å². The molecule has 128 valence electrons. The molecule has 0 aliphatic carbocycles. The van der Waals surface area contributed by atoms with Crippen LogP contribution in [0.5, 0.6) is 0 Å². The average molecular weight is 353 g/mol. The van der Waals surface area contributed by atoms with Gasteiger partial charge in [0, 0.05) is 29.7 Å². The first-order chi connectivity index (χ1) is 13.3. The van der Waals surface area contributed by atoms with Crippen molar-refractivity contribution in [3.63, 3.8) is 0 Å². The zero-order chi connectivity index (χ0) is 17.8. The summed E-state index contributed by atoms with van der Waals surface area (Å²) in [6.45, 7) is 0.